The summed E-state index contributed by atoms with van der Waals surface area (Å²) in [6.45, 7) is 0. The summed E-state index contributed by atoms with van der Waals surface area (Å²) in [5.41, 5.74) is 0.563. The Morgan fingerprint density at radius 3 is 2.21 bits per heavy atom. The van der Waals surface area contributed by atoms with Crippen molar-refractivity contribution < 1.29 is 23.5 Å². The lowest BCUT2D eigenvalue weighted by Crippen LogP contribution is -2.48. The van der Waals surface area contributed by atoms with E-state index in [2.05, 4.69) is 0 Å². The van der Waals surface area contributed by atoms with Crippen molar-refractivity contribution in [3.05, 3.63) is 107 Å². The molecule has 6 heteroatoms. The molecule has 168 valence electrons. The number of halogens is 1. The molecule has 3 atom stereocenters. The van der Waals surface area contributed by atoms with Crippen LogP contribution in [0, 0.1) is 11.2 Å². The number of methoxy groups -OCH3 is 1. The van der Waals surface area contributed by atoms with Gasteiger partial charge in [-0.25, -0.2) is 9.18 Å². The van der Waals surface area contributed by atoms with Crippen LogP contribution in [0.4, 0.5) is 10.1 Å². The Morgan fingerprint density at radius 1 is 0.912 bits per heavy atom. The summed E-state index contributed by atoms with van der Waals surface area (Å²) >= 11 is 0. The molecule has 3 aliphatic rings. The number of anilines is 1. The first-order valence-corrected chi connectivity index (χ1v) is 11.1. The maximum atomic E-state index is 15.4. The number of ether oxygens (including phenoxy) is 1. The molecule has 0 radical (unpaired) electrons. The van der Waals surface area contributed by atoms with Crippen molar-refractivity contribution in [3.8, 4) is 0 Å². The largest absolute Gasteiger partial charge is 0.467 e. The van der Waals surface area contributed by atoms with Crippen molar-refractivity contribution in [2.75, 3.05) is 12.0 Å². The topological polar surface area (TPSA) is 63.7 Å². The Morgan fingerprint density at radius 2 is 1.53 bits per heavy atom. The standard InChI is InChI=1S/C28H20FNO4/c1-34-27(33)24-23(19-11-5-6-12-20(19)29)28(25(31)17-9-3-4-10-18(17)26(28)32)22-15-14-16-8-2-7-13-21(16)30(22)24/h2-15,22-24H,1H3/t22-,23+,24-/m0/s1. The number of esters is 1. The van der Waals surface area contributed by atoms with Crippen LogP contribution in [0.3, 0.4) is 0 Å². The number of para-hydroxylation sites is 1. The van der Waals surface area contributed by atoms with Crippen LogP contribution in [0.25, 0.3) is 6.08 Å². The zero-order valence-corrected chi connectivity index (χ0v) is 18.3. The second-order valence-electron chi connectivity index (χ2n) is 8.81. The SMILES string of the molecule is COC(=O)[C@@H]1[C@@H](c2ccccc2F)C2(C(=O)c3ccccc3C2=O)[C@@H]2C=Cc3ccccc3N12. The molecule has 0 amide bonds. The van der Waals surface area contributed by atoms with Gasteiger partial charge in [-0.1, -0.05) is 72.8 Å². The number of fused-ring (bicyclic) bond motifs is 5. The van der Waals surface area contributed by atoms with E-state index in [1.54, 1.807) is 53.4 Å². The highest BCUT2D eigenvalue weighted by molar-refractivity contribution is 6.32. The van der Waals surface area contributed by atoms with Gasteiger partial charge in [-0.05, 0) is 23.3 Å². The second-order valence-corrected chi connectivity index (χ2v) is 8.81. The molecule has 6 rings (SSSR count). The normalized spacial score (nSPS) is 23.6. The summed E-state index contributed by atoms with van der Waals surface area (Å²) in [5, 5.41) is 0. The van der Waals surface area contributed by atoms with Crippen LogP contribution in [0.15, 0.2) is 78.9 Å². The number of hydrogen-bond acceptors (Lipinski definition) is 5. The molecule has 0 saturated carbocycles. The number of carbonyl (C=O) groups excluding carboxylic acids is 3. The van der Waals surface area contributed by atoms with Gasteiger partial charge in [0, 0.05) is 22.7 Å². The van der Waals surface area contributed by atoms with Crippen molar-refractivity contribution >= 4 is 29.3 Å². The predicted molar refractivity (Wildman–Crippen MR) is 124 cm³/mol. The molecule has 1 spiro atoms. The number of benzene rings is 3. The molecule has 34 heavy (non-hydrogen) atoms. The van der Waals surface area contributed by atoms with E-state index in [1.165, 1.54) is 13.2 Å². The predicted octanol–water partition coefficient (Wildman–Crippen LogP) is 4.43. The number of nitrogens with zero attached hydrogens (tertiary/aromatic N) is 1. The van der Waals surface area contributed by atoms with Gasteiger partial charge in [0.15, 0.2) is 11.6 Å². The van der Waals surface area contributed by atoms with Gasteiger partial charge in [0.2, 0.25) is 0 Å². The van der Waals surface area contributed by atoms with Gasteiger partial charge in [-0.2, -0.15) is 0 Å². The molecule has 0 bridgehead atoms. The van der Waals surface area contributed by atoms with E-state index in [-0.39, 0.29) is 5.56 Å². The smallest absolute Gasteiger partial charge is 0.329 e. The van der Waals surface area contributed by atoms with Crippen LogP contribution in [0.1, 0.15) is 37.8 Å². The number of ketones is 2. The van der Waals surface area contributed by atoms with E-state index in [0.717, 1.165) is 5.56 Å². The summed E-state index contributed by atoms with van der Waals surface area (Å²) in [7, 11) is 1.26. The van der Waals surface area contributed by atoms with Gasteiger partial charge in [0.1, 0.15) is 17.3 Å². The van der Waals surface area contributed by atoms with Gasteiger partial charge >= 0.3 is 5.97 Å². The minimum atomic E-state index is -1.71. The third kappa shape index (κ3) is 2.40. The maximum Gasteiger partial charge on any atom is 0.329 e. The molecule has 2 heterocycles. The van der Waals surface area contributed by atoms with E-state index < -0.39 is 46.8 Å². The highest BCUT2D eigenvalue weighted by Crippen LogP contribution is 2.60. The highest BCUT2D eigenvalue weighted by Gasteiger charge is 2.72. The Kier molecular flexibility index (Phi) is 4.36. The Hall–Kier alpha value is -4.06. The average molecular weight is 453 g/mol. The first-order valence-electron chi connectivity index (χ1n) is 11.1. The lowest BCUT2D eigenvalue weighted by molar-refractivity contribution is -0.142. The summed E-state index contributed by atoms with van der Waals surface area (Å²) < 4.78 is 20.6. The van der Waals surface area contributed by atoms with Crippen LogP contribution in [0.2, 0.25) is 0 Å². The van der Waals surface area contributed by atoms with Crippen LogP contribution in [0.5, 0.6) is 0 Å². The molecule has 1 fully saturated rings. The third-order valence-electron chi connectivity index (χ3n) is 7.40. The van der Waals surface area contributed by atoms with E-state index in [0.29, 0.717) is 16.8 Å². The molecule has 1 aliphatic carbocycles. The number of carbonyl (C=O) groups is 3. The molecule has 0 unspecified atom stereocenters. The Bertz CT molecular complexity index is 1380. The lowest BCUT2D eigenvalue weighted by atomic mass is 9.64. The van der Waals surface area contributed by atoms with E-state index >= 15 is 4.39 Å². The van der Waals surface area contributed by atoms with Gasteiger partial charge in [-0.3, -0.25) is 9.59 Å². The Labute approximate surface area is 195 Å². The molecule has 2 aliphatic heterocycles. The van der Waals surface area contributed by atoms with Crippen molar-refractivity contribution in [1.82, 2.24) is 0 Å². The molecule has 0 N–H and O–H groups in total. The third-order valence-corrected chi connectivity index (χ3v) is 7.40. The van der Waals surface area contributed by atoms with Gasteiger partial charge < -0.3 is 9.64 Å². The molecular weight excluding hydrogens is 433 g/mol. The summed E-state index contributed by atoms with van der Waals surface area (Å²) in [5.74, 6) is -3.08. The van der Waals surface area contributed by atoms with Gasteiger partial charge in [-0.15, -0.1) is 0 Å². The summed E-state index contributed by atoms with van der Waals surface area (Å²) in [4.78, 5) is 43.5. The zero-order chi connectivity index (χ0) is 23.6. The molecule has 1 saturated heterocycles. The summed E-state index contributed by atoms with van der Waals surface area (Å²) in [6.07, 6.45) is 3.65. The number of rotatable bonds is 2. The second kappa shape index (κ2) is 7.22. The molecule has 3 aromatic carbocycles. The molecule has 0 aromatic heterocycles. The van der Waals surface area contributed by atoms with Gasteiger partial charge in [0.05, 0.1) is 13.2 Å². The van der Waals surface area contributed by atoms with E-state index in [9.17, 15) is 14.4 Å². The van der Waals surface area contributed by atoms with Crippen molar-refractivity contribution in [1.29, 1.82) is 0 Å². The quantitative estimate of drug-likeness (QED) is 0.424. The monoisotopic (exact) mass is 453 g/mol. The Balaban J connectivity index is 1.71. The first kappa shape index (κ1) is 20.5. The van der Waals surface area contributed by atoms with Crippen molar-refractivity contribution in [3.63, 3.8) is 0 Å². The van der Waals surface area contributed by atoms with Crippen molar-refractivity contribution in [2.45, 2.75) is 18.0 Å². The minimum absolute atomic E-state index is 0.146. The fourth-order valence-electron chi connectivity index (χ4n) is 6.08. The molecule has 5 nitrogen and oxygen atoms in total. The van der Waals surface area contributed by atoms with E-state index in [1.807, 2.05) is 30.3 Å². The maximum absolute atomic E-state index is 15.4. The van der Waals surface area contributed by atoms with Crippen LogP contribution in [-0.2, 0) is 9.53 Å². The molecular formula is C28H20FNO4. The lowest BCUT2D eigenvalue weighted by Gasteiger charge is -2.36. The minimum Gasteiger partial charge on any atom is -0.467 e. The van der Waals surface area contributed by atoms with Gasteiger partial charge in [0.25, 0.3) is 0 Å². The van der Waals surface area contributed by atoms with Crippen LogP contribution >= 0.6 is 0 Å². The highest BCUT2D eigenvalue weighted by atomic mass is 19.1. The number of hydrogen-bond donors (Lipinski definition) is 0. The summed E-state index contributed by atoms with van der Waals surface area (Å²) in [6, 6.07) is 18.3. The van der Waals surface area contributed by atoms with Crippen LogP contribution in [-0.4, -0.2) is 36.7 Å². The average Bonchev–Trinajstić information content (AvgIpc) is 3.30. The number of Topliss-reactive ketones (excluding diaryl/α,β-unsaturated/α-hetero) is 2. The fourth-order valence-corrected chi connectivity index (χ4v) is 6.08. The fraction of sp³-hybridized carbons (Fsp3) is 0.179. The molecule has 3 aromatic rings. The first-order chi connectivity index (χ1) is 16.5. The van der Waals surface area contributed by atoms with Crippen molar-refractivity contribution in [2.24, 2.45) is 5.41 Å². The van der Waals surface area contributed by atoms with Crippen LogP contribution < -0.4 is 4.90 Å². The zero-order valence-electron chi connectivity index (χ0n) is 18.3. The van der Waals surface area contributed by atoms with E-state index in [4.69, 9.17) is 4.74 Å².